The van der Waals surface area contributed by atoms with Gasteiger partial charge >= 0.3 is 5.97 Å². The number of aryl methyl sites for hydroxylation is 1. The average molecular weight is 260 g/mol. The van der Waals surface area contributed by atoms with Crippen LogP contribution in [-0.2, 0) is 16.0 Å². The first-order valence-corrected chi connectivity index (χ1v) is 6.16. The van der Waals surface area contributed by atoms with Gasteiger partial charge in [-0.1, -0.05) is 19.1 Å². The highest BCUT2D eigenvalue weighted by molar-refractivity contribution is 5.66. The van der Waals surface area contributed by atoms with Gasteiger partial charge in [0.25, 0.3) is 0 Å². The van der Waals surface area contributed by atoms with Crippen LogP contribution < -0.4 is 0 Å². The summed E-state index contributed by atoms with van der Waals surface area (Å²) < 4.78 is 5.01. The second-order valence-electron chi connectivity index (χ2n) is 4.21. The zero-order valence-corrected chi connectivity index (χ0v) is 11.2. The summed E-state index contributed by atoms with van der Waals surface area (Å²) in [4.78, 5) is 12.3. The molecule has 19 heavy (non-hydrogen) atoms. The van der Waals surface area contributed by atoms with E-state index in [1.165, 1.54) is 17.3 Å². The number of ether oxygens (including phenoxy) is 1. The molecule has 2 rings (SSSR count). The van der Waals surface area contributed by atoms with Gasteiger partial charge in [0, 0.05) is 6.92 Å². The van der Waals surface area contributed by atoms with Gasteiger partial charge in [-0.15, -0.1) is 15.0 Å². The van der Waals surface area contributed by atoms with Gasteiger partial charge in [0.2, 0.25) is 5.82 Å². The van der Waals surface area contributed by atoms with E-state index in [-0.39, 0.29) is 5.97 Å². The normalized spacial score (nSPS) is 12.2. The zero-order chi connectivity index (χ0) is 13.8. The van der Waals surface area contributed by atoms with E-state index in [2.05, 4.69) is 22.3 Å². The van der Waals surface area contributed by atoms with Crippen LogP contribution in [0, 0.1) is 0 Å². The molecule has 1 heterocycles. The number of carbonyl (C=O) groups excluding carboxylic acids is 1. The van der Waals surface area contributed by atoms with Crippen molar-refractivity contribution in [1.82, 2.24) is 20.2 Å². The van der Waals surface area contributed by atoms with E-state index in [1.807, 2.05) is 24.3 Å². The number of benzene rings is 1. The van der Waals surface area contributed by atoms with Crippen molar-refractivity contribution in [2.45, 2.75) is 33.3 Å². The number of hydrogen-bond acceptors (Lipinski definition) is 5. The molecule has 0 fully saturated rings. The van der Waals surface area contributed by atoms with Crippen LogP contribution in [0.25, 0.3) is 5.69 Å². The summed E-state index contributed by atoms with van der Waals surface area (Å²) in [6.45, 7) is 5.15. The molecule has 0 aliphatic heterocycles. The number of esters is 1. The second kappa shape index (κ2) is 5.60. The number of tetrazole rings is 1. The third kappa shape index (κ3) is 3.15. The Kier molecular flexibility index (Phi) is 3.89. The van der Waals surface area contributed by atoms with Gasteiger partial charge in [-0.3, -0.25) is 4.79 Å². The Morgan fingerprint density at radius 1 is 1.47 bits per heavy atom. The summed E-state index contributed by atoms with van der Waals surface area (Å²) >= 11 is 0. The SMILES string of the molecule is CCc1cccc(-n2nnc(C(C)OC(C)=O)n2)c1. The topological polar surface area (TPSA) is 69.9 Å². The van der Waals surface area contributed by atoms with E-state index in [0.29, 0.717) is 5.82 Å². The first-order chi connectivity index (χ1) is 9.10. The molecular formula is C13H16N4O2. The van der Waals surface area contributed by atoms with Crippen LogP contribution in [0.5, 0.6) is 0 Å². The molecule has 1 aromatic carbocycles. The fourth-order valence-electron chi connectivity index (χ4n) is 1.70. The lowest BCUT2D eigenvalue weighted by Crippen LogP contribution is -2.07. The van der Waals surface area contributed by atoms with E-state index in [1.54, 1.807) is 6.92 Å². The maximum atomic E-state index is 10.9. The molecule has 0 N–H and O–H groups in total. The predicted octanol–water partition coefficient (Wildman–Crippen LogP) is 1.85. The molecule has 0 amide bonds. The lowest BCUT2D eigenvalue weighted by Gasteiger charge is -2.06. The van der Waals surface area contributed by atoms with Gasteiger partial charge in [0.15, 0.2) is 6.10 Å². The van der Waals surface area contributed by atoms with Crippen LogP contribution in [0.4, 0.5) is 0 Å². The van der Waals surface area contributed by atoms with Crippen molar-refractivity contribution in [2.75, 3.05) is 0 Å². The molecule has 0 aliphatic carbocycles. The van der Waals surface area contributed by atoms with Gasteiger partial charge in [0.1, 0.15) is 0 Å². The molecule has 0 aliphatic rings. The van der Waals surface area contributed by atoms with E-state index >= 15 is 0 Å². The first-order valence-electron chi connectivity index (χ1n) is 6.16. The van der Waals surface area contributed by atoms with E-state index in [9.17, 15) is 4.79 Å². The summed E-state index contributed by atoms with van der Waals surface area (Å²) in [5.74, 6) is 0.0222. The van der Waals surface area contributed by atoms with Crippen LogP contribution in [-0.4, -0.2) is 26.2 Å². The average Bonchev–Trinajstić information content (AvgIpc) is 2.88. The number of aromatic nitrogens is 4. The Balaban J connectivity index is 2.22. The molecule has 6 nitrogen and oxygen atoms in total. The quantitative estimate of drug-likeness (QED) is 0.784. The van der Waals surface area contributed by atoms with Crippen molar-refractivity contribution in [3.63, 3.8) is 0 Å². The minimum absolute atomic E-state index is 0.364. The minimum atomic E-state index is -0.499. The Morgan fingerprint density at radius 2 is 2.26 bits per heavy atom. The summed E-state index contributed by atoms with van der Waals surface area (Å²) in [5, 5.41) is 12.1. The Morgan fingerprint density at radius 3 is 2.95 bits per heavy atom. The lowest BCUT2D eigenvalue weighted by atomic mass is 10.1. The van der Waals surface area contributed by atoms with Gasteiger partial charge < -0.3 is 4.74 Å². The van der Waals surface area contributed by atoms with Crippen LogP contribution in [0.15, 0.2) is 24.3 Å². The van der Waals surface area contributed by atoms with Crippen molar-refractivity contribution in [2.24, 2.45) is 0 Å². The van der Waals surface area contributed by atoms with Crippen molar-refractivity contribution in [1.29, 1.82) is 0 Å². The van der Waals surface area contributed by atoms with Crippen LogP contribution in [0.3, 0.4) is 0 Å². The third-order valence-electron chi connectivity index (χ3n) is 2.69. The molecular weight excluding hydrogens is 244 g/mol. The lowest BCUT2D eigenvalue weighted by molar-refractivity contribution is -0.146. The van der Waals surface area contributed by atoms with E-state index in [4.69, 9.17) is 4.74 Å². The van der Waals surface area contributed by atoms with Crippen LogP contribution in [0.2, 0.25) is 0 Å². The van der Waals surface area contributed by atoms with E-state index in [0.717, 1.165) is 12.1 Å². The fraction of sp³-hybridized carbons (Fsp3) is 0.385. The second-order valence-corrected chi connectivity index (χ2v) is 4.21. The maximum Gasteiger partial charge on any atom is 0.303 e. The summed E-state index contributed by atoms with van der Waals surface area (Å²) in [7, 11) is 0. The highest BCUT2D eigenvalue weighted by Crippen LogP contribution is 2.13. The Bertz CT molecular complexity index is 580. The molecule has 0 bridgehead atoms. The molecule has 0 saturated heterocycles. The minimum Gasteiger partial charge on any atom is -0.454 e. The smallest absolute Gasteiger partial charge is 0.303 e. The summed E-state index contributed by atoms with van der Waals surface area (Å²) in [6.07, 6.45) is 0.444. The molecule has 100 valence electrons. The van der Waals surface area contributed by atoms with Crippen molar-refractivity contribution < 1.29 is 9.53 Å². The van der Waals surface area contributed by atoms with Crippen molar-refractivity contribution >= 4 is 5.97 Å². The standard InChI is InChI=1S/C13H16N4O2/c1-4-11-6-5-7-12(8-11)17-15-13(14-16-17)9(2)19-10(3)18/h5-9H,4H2,1-3H3. The monoisotopic (exact) mass is 260 g/mol. The van der Waals surface area contributed by atoms with Crippen LogP contribution >= 0.6 is 0 Å². The van der Waals surface area contributed by atoms with E-state index < -0.39 is 6.10 Å². The summed E-state index contributed by atoms with van der Waals surface area (Å²) in [5.41, 5.74) is 2.04. The van der Waals surface area contributed by atoms with Gasteiger partial charge in [-0.25, -0.2) is 0 Å². The highest BCUT2D eigenvalue weighted by Gasteiger charge is 2.15. The maximum absolute atomic E-state index is 10.9. The molecule has 0 radical (unpaired) electrons. The Hall–Kier alpha value is -2.24. The van der Waals surface area contributed by atoms with Gasteiger partial charge in [-0.05, 0) is 36.3 Å². The fourth-order valence-corrected chi connectivity index (χ4v) is 1.70. The molecule has 0 spiro atoms. The van der Waals surface area contributed by atoms with Gasteiger partial charge in [0.05, 0.1) is 5.69 Å². The van der Waals surface area contributed by atoms with Crippen molar-refractivity contribution in [3.8, 4) is 5.69 Å². The number of hydrogen-bond donors (Lipinski definition) is 0. The summed E-state index contributed by atoms with van der Waals surface area (Å²) in [6, 6.07) is 7.90. The molecule has 1 aromatic heterocycles. The Labute approximate surface area is 111 Å². The number of rotatable bonds is 4. The molecule has 2 aromatic rings. The van der Waals surface area contributed by atoms with Crippen molar-refractivity contribution in [3.05, 3.63) is 35.7 Å². The third-order valence-corrected chi connectivity index (χ3v) is 2.69. The number of nitrogens with zero attached hydrogens (tertiary/aromatic N) is 4. The van der Waals surface area contributed by atoms with Gasteiger partial charge in [-0.2, -0.15) is 0 Å². The number of carbonyl (C=O) groups is 1. The molecule has 1 atom stereocenters. The predicted molar refractivity (Wildman–Crippen MR) is 68.7 cm³/mol. The molecule has 1 unspecified atom stereocenters. The molecule has 6 heteroatoms. The first kappa shape index (κ1) is 13.2. The zero-order valence-electron chi connectivity index (χ0n) is 11.2. The molecule has 0 saturated carbocycles. The van der Waals surface area contributed by atoms with Crippen LogP contribution in [0.1, 0.15) is 38.3 Å². The highest BCUT2D eigenvalue weighted by atomic mass is 16.5. The largest absolute Gasteiger partial charge is 0.454 e.